The van der Waals surface area contributed by atoms with E-state index in [0.29, 0.717) is 5.92 Å². The van der Waals surface area contributed by atoms with E-state index >= 15 is 0 Å². The Kier molecular flexibility index (Phi) is 1.74. The fourth-order valence-electron chi connectivity index (χ4n) is 1.25. The number of rotatable bonds is 1. The van der Waals surface area contributed by atoms with Crippen LogP contribution in [0.5, 0.6) is 0 Å². The maximum absolute atomic E-state index is 9.14. The molecule has 2 unspecified atom stereocenters. The molecule has 0 aromatic heterocycles. The second-order valence-electron chi connectivity index (χ2n) is 2.96. The normalized spacial score (nSPS) is 28.5. The van der Waals surface area contributed by atoms with Crippen molar-refractivity contribution in [3.05, 3.63) is 34.3 Å². The van der Waals surface area contributed by atoms with Gasteiger partial charge in [0, 0.05) is 10.4 Å². The second kappa shape index (κ2) is 2.61. The Balaban J connectivity index is 2.21. The minimum absolute atomic E-state index is 0.0869. The monoisotopic (exact) mass is 212 g/mol. The molecule has 2 rings (SSSR count). The fraction of sp³-hybridized carbons (Fsp3) is 0.333. The minimum atomic E-state index is -0.0869. The number of benzene rings is 1. The molecule has 0 bridgehead atoms. The third kappa shape index (κ3) is 1.47. The predicted molar refractivity (Wildman–Crippen MR) is 47.5 cm³/mol. The zero-order valence-electron chi connectivity index (χ0n) is 6.00. The van der Waals surface area contributed by atoms with Gasteiger partial charge in [-0.05, 0) is 24.1 Å². The smallest absolute Gasteiger partial charge is 0.0616 e. The Morgan fingerprint density at radius 1 is 1.27 bits per heavy atom. The summed E-state index contributed by atoms with van der Waals surface area (Å²) in [5.41, 5.74) is 1.25. The van der Waals surface area contributed by atoms with Gasteiger partial charge in [0.1, 0.15) is 0 Å². The summed E-state index contributed by atoms with van der Waals surface area (Å²) in [7, 11) is 0. The first-order chi connectivity index (χ1) is 5.27. The largest absolute Gasteiger partial charge is 0.392 e. The van der Waals surface area contributed by atoms with E-state index in [4.69, 9.17) is 5.11 Å². The van der Waals surface area contributed by atoms with Gasteiger partial charge in [-0.3, -0.25) is 0 Å². The standard InChI is InChI=1S/C9H9BrO/c10-7-3-1-6(2-4-7)8-5-9(8)11/h1-4,8-9,11H,5H2. The van der Waals surface area contributed by atoms with Crippen molar-refractivity contribution in [1.29, 1.82) is 0 Å². The van der Waals surface area contributed by atoms with Crippen molar-refractivity contribution in [2.24, 2.45) is 0 Å². The van der Waals surface area contributed by atoms with E-state index in [1.54, 1.807) is 0 Å². The van der Waals surface area contributed by atoms with Gasteiger partial charge >= 0.3 is 0 Å². The SMILES string of the molecule is OC1CC1c1ccc(Br)cc1. The first-order valence-corrected chi connectivity index (χ1v) is 4.50. The lowest BCUT2D eigenvalue weighted by Crippen LogP contribution is -1.84. The summed E-state index contributed by atoms with van der Waals surface area (Å²) in [5, 5.41) is 9.14. The van der Waals surface area contributed by atoms with Crippen LogP contribution < -0.4 is 0 Å². The van der Waals surface area contributed by atoms with Gasteiger partial charge in [-0.2, -0.15) is 0 Å². The van der Waals surface area contributed by atoms with Crippen LogP contribution in [0.25, 0.3) is 0 Å². The second-order valence-corrected chi connectivity index (χ2v) is 3.88. The highest BCUT2D eigenvalue weighted by molar-refractivity contribution is 9.10. The first-order valence-electron chi connectivity index (χ1n) is 3.71. The molecule has 1 aliphatic rings. The first kappa shape index (κ1) is 7.32. The zero-order valence-corrected chi connectivity index (χ0v) is 7.58. The summed E-state index contributed by atoms with van der Waals surface area (Å²) >= 11 is 3.37. The Labute approximate surface area is 74.2 Å². The average molecular weight is 213 g/mol. The van der Waals surface area contributed by atoms with E-state index in [9.17, 15) is 0 Å². The average Bonchev–Trinajstić information content (AvgIpc) is 2.69. The van der Waals surface area contributed by atoms with Crippen LogP contribution in [0.3, 0.4) is 0 Å². The number of hydrogen-bond donors (Lipinski definition) is 1. The van der Waals surface area contributed by atoms with Crippen molar-refractivity contribution in [1.82, 2.24) is 0 Å². The topological polar surface area (TPSA) is 20.2 Å². The van der Waals surface area contributed by atoms with Gasteiger partial charge in [0.2, 0.25) is 0 Å². The maximum Gasteiger partial charge on any atom is 0.0616 e. The third-order valence-electron chi connectivity index (χ3n) is 2.05. The molecule has 1 aliphatic carbocycles. The molecule has 0 amide bonds. The zero-order chi connectivity index (χ0) is 7.84. The molecule has 2 atom stereocenters. The summed E-state index contributed by atoms with van der Waals surface area (Å²) in [5.74, 6) is 0.406. The van der Waals surface area contributed by atoms with E-state index in [1.165, 1.54) is 5.56 Å². The van der Waals surface area contributed by atoms with Crippen molar-refractivity contribution in [3.8, 4) is 0 Å². The van der Waals surface area contributed by atoms with Gasteiger partial charge in [0.05, 0.1) is 6.10 Å². The van der Waals surface area contributed by atoms with Crippen LogP contribution in [0.1, 0.15) is 17.9 Å². The third-order valence-corrected chi connectivity index (χ3v) is 2.58. The molecule has 2 heteroatoms. The molecule has 1 saturated carbocycles. The lowest BCUT2D eigenvalue weighted by Gasteiger charge is -1.96. The molecule has 0 radical (unpaired) electrons. The molecule has 1 aromatic carbocycles. The van der Waals surface area contributed by atoms with Gasteiger partial charge in [-0.1, -0.05) is 28.1 Å². The number of aliphatic hydroxyl groups is 1. The molecule has 0 heterocycles. The van der Waals surface area contributed by atoms with Crippen molar-refractivity contribution in [3.63, 3.8) is 0 Å². The molecule has 0 spiro atoms. The van der Waals surface area contributed by atoms with Crippen molar-refractivity contribution >= 4 is 15.9 Å². The molecule has 1 fully saturated rings. The summed E-state index contributed by atoms with van der Waals surface area (Å²) in [6, 6.07) is 8.15. The highest BCUT2D eigenvalue weighted by Gasteiger charge is 2.36. The quantitative estimate of drug-likeness (QED) is 0.758. The lowest BCUT2D eigenvalue weighted by molar-refractivity contribution is 0.272. The van der Waals surface area contributed by atoms with Crippen LogP contribution in [0, 0.1) is 0 Å². The van der Waals surface area contributed by atoms with Gasteiger partial charge in [-0.25, -0.2) is 0 Å². The highest BCUT2D eigenvalue weighted by Crippen LogP contribution is 2.40. The van der Waals surface area contributed by atoms with E-state index in [-0.39, 0.29) is 6.10 Å². The number of hydrogen-bond acceptors (Lipinski definition) is 1. The summed E-state index contributed by atoms with van der Waals surface area (Å²) in [6.45, 7) is 0. The Morgan fingerprint density at radius 2 is 1.82 bits per heavy atom. The van der Waals surface area contributed by atoms with Crippen LogP contribution in [-0.4, -0.2) is 11.2 Å². The van der Waals surface area contributed by atoms with E-state index in [2.05, 4.69) is 28.1 Å². The fourth-order valence-corrected chi connectivity index (χ4v) is 1.51. The summed E-state index contributed by atoms with van der Waals surface area (Å²) < 4.78 is 1.09. The summed E-state index contributed by atoms with van der Waals surface area (Å²) in [6.07, 6.45) is 0.845. The molecular formula is C9H9BrO. The van der Waals surface area contributed by atoms with Crippen molar-refractivity contribution in [2.75, 3.05) is 0 Å². The van der Waals surface area contributed by atoms with E-state index in [0.717, 1.165) is 10.9 Å². The van der Waals surface area contributed by atoms with E-state index < -0.39 is 0 Å². The molecule has 1 N–H and O–H groups in total. The molecular weight excluding hydrogens is 204 g/mol. The molecule has 58 valence electrons. The molecule has 1 aromatic rings. The van der Waals surface area contributed by atoms with Crippen LogP contribution in [0.15, 0.2) is 28.7 Å². The molecule has 0 saturated heterocycles. The predicted octanol–water partition coefficient (Wildman–Crippen LogP) is 2.30. The van der Waals surface area contributed by atoms with Gasteiger partial charge in [0.25, 0.3) is 0 Å². The van der Waals surface area contributed by atoms with Crippen LogP contribution in [0.2, 0.25) is 0 Å². The van der Waals surface area contributed by atoms with Crippen LogP contribution >= 0.6 is 15.9 Å². The number of aliphatic hydroxyl groups excluding tert-OH is 1. The molecule has 0 aliphatic heterocycles. The highest BCUT2D eigenvalue weighted by atomic mass is 79.9. The Morgan fingerprint density at radius 3 is 2.27 bits per heavy atom. The molecule has 11 heavy (non-hydrogen) atoms. The van der Waals surface area contributed by atoms with Crippen molar-refractivity contribution in [2.45, 2.75) is 18.4 Å². The number of halogens is 1. The molecule has 1 nitrogen and oxygen atoms in total. The van der Waals surface area contributed by atoms with Gasteiger partial charge in [0.15, 0.2) is 0 Å². The van der Waals surface area contributed by atoms with Crippen LogP contribution in [-0.2, 0) is 0 Å². The van der Waals surface area contributed by atoms with Gasteiger partial charge < -0.3 is 5.11 Å². The minimum Gasteiger partial charge on any atom is -0.392 e. The lowest BCUT2D eigenvalue weighted by atomic mass is 10.1. The van der Waals surface area contributed by atoms with Gasteiger partial charge in [-0.15, -0.1) is 0 Å². The summed E-state index contributed by atoms with van der Waals surface area (Å²) in [4.78, 5) is 0. The Bertz CT molecular complexity index is 255. The van der Waals surface area contributed by atoms with E-state index in [1.807, 2.05) is 12.1 Å². The maximum atomic E-state index is 9.14. The Hall–Kier alpha value is -0.340. The van der Waals surface area contributed by atoms with Crippen molar-refractivity contribution < 1.29 is 5.11 Å². The van der Waals surface area contributed by atoms with Crippen LogP contribution in [0.4, 0.5) is 0 Å².